The van der Waals surface area contributed by atoms with Crippen molar-refractivity contribution >= 4 is 32.4 Å². The van der Waals surface area contributed by atoms with Crippen molar-refractivity contribution in [2.24, 2.45) is 0 Å². The van der Waals surface area contributed by atoms with E-state index in [0.717, 1.165) is 72.3 Å². The highest BCUT2D eigenvalue weighted by molar-refractivity contribution is 7.88. The second kappa shape index (κ2) is 10.0. The molecule has 0 radical (unpaired) electrons. The highest BCUT2D eigenvalue weighted by Gasteiger charge is 2.30. The second-order valence-electron chi connectivity index (χ2n) is 9.51. The average Bonchev–Trinajstić information content (AvgIpc) is 2.89. The molecule has 1 aliphatic heterocycles. The predicted octanol–water partition coefficient (Wildman–Crippen LogP) is 3.03. The summed E-state index contributed by atoms with van der Waals surface area (Å²) in [4.78, 5) is 15.9. The van der Waals surface area contributed by atoms with Crippen LogP contribution in [0.4, 0.5) is 11.5 Å². The van der Waals surface area contributed by atoms with Gasteiger partial charge in [-0.15, -0.1) is 0 Å². The van der Waals surface area contributed by atoms with Crippen LogP contribution in [0.2, 0.25) is 0 Å². The normalized spacial score (nSPS) is 22.2. The summed E-state index contributed by atoms with van der Waals surface area (Å²) >= 11 is 0. The zero-order chi connectivity index (χ0) is 24.4. The van der Waals surface area contributed by atoms with Gasteiger partial charge in [0.2, 0.25) is 10.0 Å². The molecular weight excluding hydrogens is 462 g/mol. The maximum Gasteiger partial charge on any atom is 0.211 e. The van der Waals surface area contributed by atoms with Crippen LogP contribution >= 0.6 is 0 Å². The first-order valence-corrected chi connectivity index (χ1v) is 14.1. The maximum absolute atomic E-state index is 11.8. The number of nitrogens with zero attached hydrogens (tertiary/aromatic N) is 5. The van der Waals surface area contributed by atoms with E-state index in [9.17, 15) is 8.42 Å². The third-order valence-electron chi connectivity index (χ3n) is 7.29. The van der Waals surface area contributed by atoms with Gasteiger partial charge in [0.05, 0.1) is 17.5 Å². The van der Waals surface area contributed by atoms with Crippen molar-refractivity contribution in [2.45, 2.75) is 37.8 Å². The Labute approximate surface area is 207 Å². The third kappa shape index (κ3) is 5.39. The molecular formula is C25H33N7O2S. The molecule has 2 fully saturated rings. The van der Waals surface area contributed by atoms with Crippen LogP contribution in [0.3, 0.4) is 0 Å². The number of hydrogen-bond acceptors (Lipinski definition) is 8. The summed E-state index contributed by atoms with van der Waals surface area (Å²) in [5, 5.41) is 7.85. The Morgan fingerprint density at radius 1 is 0.943 bits per heavy atom. The Balaban J connectivity index is 1.25. The van der Waals surface area contributed by atoms with Crippen LogP contribution in [-0.2, 0) is 10.0 Å². The number of hydrogen-bond donors (Lipinski definition) is 2. The molecule has 1 aromatic carbocycles. The molecule has 3 heterocycles. The van der Waals surface area contributed by atoms with E-state index in [1.807, 2.05) is 25.5 Å². The summed E-state index contributed by atoms with van der Waals surface area (Å²) in [7, 11) is -1.20. The lowest BCUT2D eigenvalue weighted by Gasteiger charge is -2.41. The Bertz CT molecular complexity index is 1280. The standard InChI is InChI=1S/C25H33N7O2S/c1-26-21-13-19(15-27-16-21)18-3-8-24-23(14-18)25(29-17-28-24)30-20-4-6-22(7-5-20)31-9-11-32(12-10-31)35(2,33)34/h3,8,13-17,20,22,26H,4-7,9-12H2,1-2H3,(H,28,29,30). The maximum atomic E-state index is 11.8. The molecule has 9 nitrogen and oxygen atoms in total. The monoisotopic (exact) mass is 495 g/mol. The smallest absolute Gasteiger partial charge is 0.211 e. The molecule has 0 unspecified atom stereocenters. The Kier molecular flexibility index (Phi) is 6.86. The average molecular weight is 496 g/mol. The summed E-state index contributed by atoms with van der Waals surface area (Å²) in [5.74, 6) is 0.875. The van der Waals surface area contributed by atoms with Crippen molar-refractivity contribution in [3.63, 3.8) is 0 Å². The number of fused-ring (bicyclic) bond motifs is 1. The zero-order valence-electron chi connectivity index (χ0n) is 20.3. The first kappa shape index (κ1) is 23.9. The van der Waals surface area contributed by atoms with Gasteiger partial charge in [-0.3, -0.25) is 9.88 Å². The highest BCUT2D eigenvalue weighted by Crippen LogP contribution is 2.31. The zero-order valence-corrected chi connectivity index (χ0v) is 21.1. The van der Waals surface area contributed by atoms with Gasteiger partial charge >= 0.3 is 0 Å². The fraction of sp³-hybridized carbons (Fsp3) is 0.480. The van der Waals surface area contributed by atoms with E-state index in [0.29, 0.717) is 25.2 Å². The SMILES string of the molecule is CNc1cncc(-c2ccc3ncnc(NC4CCC(N5CCN(S(C)(=O)=O)CC5)CC4)c3c2)c1. The largest absolute Gasteiger partial charge is 0.387 e. The third-order valence-corrected chi connectivity index (χ3v) is 8.59. The minimum absolute atomic E-state index is 0.361. The molecule has 10 heteroatoms. The molecule has 2 N–H and O–H groups in total. The predicted molar refractivity (Wildman–Crippen MR) is 140 cm³/mol. The first-order valence-electron chi connectivity index (χ1n) is 12.2. The van der Waals surface area contributed by atoms with Gasteiger partial charge in [0, 0.05) is 68.7 Å². The molecule has 3 aromatic rings. The van der Waals surface area contributed by atoms with E-state index in [1.54, 1.807) is 10.6 Å². The lowest BCUT2D eigenvalue weighted by molar-refractivity contribution is 0.109. The van der Waals surface area contributed by atoms with E-state index in [-0.39, 0.29) is 0 Å². The minimum Gasteiger partial charge on any atom is -0.387 e. The lowest BCUT2D eigenvalue weighted by atomic mass is 9.89. The number of sulfonamides is 1. The number of rotatable bonds is 6. The van der Waals surface area contributed by atoms with E-state index in [4.69, 9.17) is 0 Å². The molecule has 1 aliphatic carbocycles. The first-order chi connectivity index (χ1) is 16.9. The van der Waals surface area contributed by atoms with E-state index in [2.05, 4.69) is 48.7 Å². The van der Waals surface area contributed by atoms with Gasteiger partial charge in [0.1, 0.15) is 12.1 Å². The number of aromatic nitrogens is 3. The summed E-state index contributed by atoms with van der Waals surface area (Å²) < 4.78 is 25.2. The number of anilines is 2. The quantitative estimate of drug-likeness (QED) is 0.538. The van der Waals surface area contributed by atoms with E-state index < -0.39 is 10.0 Å². The number of pyridine rings is 1. The number of nitrogens with one attached hydrogen (secondary N) is 2. The van der Waals surface area contributed by atoms with Gasteiger partial charge in [-0.1, -0.05) is 6.07 Å². The van der Waals surface area contributed by atoms with E-state index >= 15 is 0 Å². The summed E-state index contributed by atoms with van der Waals surface area (Å²) in [5.41, 5.74) is 4.02. The van der Waals surface area contributed by atoms with Crippen LogP contribution in [0.25, 0.3) is 22.0 Å². The fourth-order valence-corrected chi connectivity index (χ4v) is 6.09. The second-order valence-corrected chi connectivity index (χ2v) is 11.5. The molecule has 2 aromatic heterocycles. The van der Waals surface area contributed by atoms with Crippen molar-refractivity contribution in [3.8, 4) is 11.1 Å². The van der Waals surface area contributed by atoms with Crippen molar-refractivity contribution in [1.29, 1.82) is 0 Å². The Hall–Kier alpha value is -2.82. The van der Waals surface area contributed by atoms with Gasteiger partial charge in [-0.25, -0.2) is 18.4 Å². The molecule has 1 saturated heterocycles. The van der Waals surface area contributed by atoms with Crippen LogP contribution in [-0.4, -0.2) is 84.1 Å². The van der Waals surface area contributed by atoms with Gasteiger partial charge in [0.25, 0.3) is 0 Å². The van der Waals surface area contributed by atoms with Crippen LogP contribution < -0.4 is 10.6 Å². The van der Waals surface area contributed by atoms with Gasteiger partial charge < -0.3 is 10.6 Å². The Morgan fingerprint density at radius 3 is 2.43 bits per heavy atom. The topological polar surface area (TPSA) is 103 Å². The van der Waals surface area contributed by atoms with Crippen molar-refractivity contribution < 1.29 is 8.42 Å². The molecule has 0 atom stereocenters. The molecule has 1 saturated carbocycles. The summed E-state index contributed by atoms with van der Waals surface area (Å²) in [6.45, 7) is 2.83. The summed E-state index contributed by atoms with van der Waals surface area (Å²) in [6, 6.07) is 9.22. The van der Waals surface area contributed by atoms with Crippen molar-refractivity contribution in [3.05, 3.63) is 43.0 Å². The van der Waals surface area contributed by atoms with Crippen molar-refractivity contribution in [1.82, 2.24) is 24.2 Å². The lowest BCUT2D eigenvalue weighted by Crippen LogP contribution is -2.52. The van der Waals surface area contributed by atoms with Crippen LogP contribution in [0.5, 0.6) is 0 Å². The molecule has 2 aliphatic rings. The highest BCUT2D eigenvalue weighted by atomic mass is 32.2. The molecule has 0 bridgehead atoms. The van der Waals surface area contributed by atoms with Crippen LogP contribution in [0.1, 0.15) is 25.7 Å². The van der Waals surface area contributed by atoms with Gasteiger partial charge in [-0.2, -0.15) is 4.31 Å². The van der Waals surface area contributed by atoms with Crippen molar-refractivity contribution in [2.75, 3.05) is 50.1 Å². The van der Waals surface area contributed by atoms with Crippen LogP contribution in [0, 0.1) is 0 Å². The van der Waals surface area contributed by atoms with Gasteiger partial charge in [0.15, 0.2) is 0 Å². The molecule has 0 spiro atoms. The van der Waals surface area contributed by atoms with Gasteiger partial charge in [-0.05, 0) is 49.4 Å². The van der Waals surface area contributed by atoms with Crippen LogP contribution in [0.15, 0.2) is 43.0 Å². The summed E-state index contributed by atoms with van der Waals surface area (Å²) in [6.07, 6.45) is 10.9. The Morgan fingerprint density at radius 2 is 1.71 bits per heavy atom. The molecule has 5 rings (SSSR count). The van der Waals surface area contributed by atoms with E-state index in [1.165, 1.54) is 6.26 Å². The molecule has 0 amide bonds. The molecule has 186 valence electrons. The fourth-order valence-electron chi connectivity index (χ4n) is 5.26. The molecule has 35 heavy (non-hydrogen) atoms. The number of piperazine rings is 1. The number of benzene rings is 1. The minimum atomic E-state index is -3.09.